The van der Waals surface area contributed by atoms with E-state index in [1.54, 1.807) is 25.3 Å². The molecule has 0 aliphatic carbocycles. The fourth-order valence-corrected chi connectivity index (χ4v) is 2.02. The van der Waals surface area contributed by atoms with E-state index in [1.165, 1.54) is 0 Å². The number of ether oxygens (including phenoxy) is 4. The van der Waals surface area contributed by atoms with Gasteiger partial charge in [-0.15, -0.1) is 0 Å². The summed E-state index contributed by atoms with van der Waals surface area (Å²) in [5.74, 6) is 1.16. The second kappa shape index (κ2) is 6.24. The van der Waals surface area contributed by atoms with Gasteiger partial charge < -0.3 is 18.9 Å². The molecule has 0 spiro atoms. The van der Waals surface area contributed by atoms with Gasteiger partial charge in [0.1, 0.15) is 11.5 Å². The Bertz CT molecular complexity index is 463. The molecule has 1 aliphatic heterocycles. The predicted octanol–water partition coefficient (Wildman–Crippen LogP) is 2.29. The van der Waals surface area contributed by atoms with Crippen LogP contribution in [-0.4, -0.2) is 39.5 Å². The highest BCUT2D eigenvalue weighted by Crippen LogP contribution is 2.30. The van der Waals surface area contributed by atoms with E-state index in [4.69, 9.17) is 18.9 Å². The first-order chi connectivity index (χ1) is 9.56. The Morgan fingerprint density at radius 1 is 1.35 bits per heavy atom. The molecule has 0 amide bonds. The van der Waals surface area contributed by atoms with Crippen molar-refractivity contribution < 1.29 is 23.7 Å². The van der Waals surface area contributed by atoms with Crippen molar-refractivity contribution in [1.29, 1.82) is 0 Å². The molecule has 110 valence electrons. The molecule has 0 atom stereocenters. The Kier molecular flexibility index (Phi) is 4.62. The lowest BCUT2D eigenvalue weighted by Crippen LogP contribution is -2.36. The zero-order chi connectivity index (χ0) is 14.6. The number of benzene rings is 1. The van der Waals surface area contributed by atoms with Crippen molar-refractivity contribution in [3.8, 4) is 11.5 Å². The van der Waals surface area contributed by atoms with Gasteiger partial charge in [-0.25, -0.2) is 0 Å². The van der Waals surface area contributed by atoms with Crippen molar-refractivity contribution in [3.05, 3.63) is 23.8 Å². The first kappa shape index (κ1) is 14.8. The standard InChI is InChI=1S/C15H20O5/c1-15(2,14-18-6-7-19-14)10-20-13-5-4-12(17-3)8-11(13)9-16/h4-5,8-9,14H,6-7,10H2,1-3H3. The van der Waals surface area contributed by atoms with Crippen molar-refractivity contribution in [2.24, 2.45) is 5.41 Å². The van der Waals surface area contributed by atoms with Crippen LogP contribution in [0.2, 0.25) is 0 Å². The fraction of sp³-hybridized carbons (Fsp3) is 0.533. The Labute approximate surface area is 118 Å². The van der Waals surface area contributed by atoms with Crippen LogP contribution in [-0.2, 0) is 9.47 Å². The van der Waals surface area contributed by atoms with Gasteiger partial charge >= 0.3 is 0 Å². The van der Waals surface area contributed by atoms with Crippen molar-refractivity contribution >= 4 is 6.29 Å². The Balaban J connectivity index is 2.04. The number of carbonyl (C=O) groups excluding carboxylic acids is 1. The highest BCUT2D eigenvalue weighted by Gasteiger charge is 2.35. The van der Waals surface area contributed by atoms with Crippen LogP contribution in [0.1, 0.15) is 24.2 Å². The Hall–Kier alpha value is -1.59. The number of hydrogen-bond acceptors (Lipinski definition) is 5. The van der Waals surface area contributed by atoms with Crippen LogP contribution in [0, 0.1) is 5.41 Å². The summed E-state index contributed by atoms with van der Waals surface area (Å²) in [5, 5.41) is 0. The summed E-state index contributed by atoms with van der Waals surface area (Å²) in [7, 11) is 1.56. The maximum atomic E-state index is 11.1. The molecule has 5 heteroatoms. The first-order valence-corrected chi connectivity index (χ1v) is 6.56. The summed E-state index contributed by atoms with van der Waals surface area (Å²) in [4.78, 5) is 11.1. The third kappa shape index (κ3) is 3.29. The number of rotatable bonds is 6. The minimum atomic E-state index is -0.295. The second-order valence-electron chi connectivity index (χ2n) is 5.37. The van der Waals surface area contributed by atoms with E-state index in [1.807, 2.05) is 13.8 Å². The first-order valence-electron chi connectivity index (χ1n) is 6.56. The lowest BCUT2D eigenvalue weighted by Gasteiger charge is -2.29. The molecule has 0 unspecified atom stereocenters. The van der Waals surface area contributed by atoms with Gasteiger partial charge in [-0.1, -0.05) is 13.8 Å². The zero-order valence-corrected chi connectivity index (χ0v) is 12.0. The minimum absolute atomic E-state index is 0.277. The fourth-order valence-electron chi connectivity index (χ4n) is 2.02. The predicted molar refractivity (Wildman–Crippen MR) is 73.3 cm³/mol. The summed E-state index contributed by atoms with van der Waals surface area (Å²) >= 11 is 0. The number of aldehydes is 1. The second-order valence-corrected chi connectivity index (χ2v) is 5.37. The van der Waals surface area contributed by atoms with Crippen molar-refractivity contribution in [1.82, 2.24) is 0 Å². The minimum Gasteiger partial charge on any atom is -0.497 e. The topological polar surface area (TPSA) is 54.0 Å². The van der Waals surface area contributed by atoms with Gasteiger partial charge in [0, 0.05) is 5.41 Å². The maximum Gasteiger partial charge on any atom is 0.166 e. The van der Waals surface area contributed by atoms with Gasteiger partial charge in [-0.05, 0) is 18.2 Å². The van der Waals surface area contributed by atoms with Crippen molar-refractivity contribution in [2.75, 3.05) is 26.9 Å². The largest absolute Gasteiger partial charge is 0.497 e. The average molecular weight is 280 g/mol. The normalized spacial score (nSPS) is 16.1. The number of hydrogen-bond donors (Lipinski definition) is 0. The van der Waals surface area contributed by atoms with Crippen LogP contribution in [0.25, 0.3) is 0 Å². The van der Waals surface area contributed by atoms with Crippen LogP contribution in [0.15, 0.2) is 18.2 Å². The molecule has 0 radical (unpaired) electrons. The summed E-state index contributed by atoms with van der Waals surface area (Å²) in [5.41, 5.74) is 0.171. The molecule has 20 heavy (non-hydrogen) atoms. The molecule has 1 saturated heterocycles. The van der Waals surface area contributed by atoms with E-state index < -0.39 is 0 Å². The molecular weight excluding hydrogens is 260 g/mol. The summed E-state index contributed by atoms with van der Waals surface area (Å²) < 4.78 is 21.9. The van der Waals surface area contributed by atoms with Crippen LogP contribution in [0.3, 0.4) is 0 Å². The van der Waals surface area contributed by atoms with Gasteiger partial charge in [0.2, 0.25) is 0 Å². The third-order valence-corrected chi connectivity index (χ3v) is 3.20. The van der Waals surface area contributed by atoms with E-state index in [0.717, 1.165) is 6.29 Å². The average Bonchev–Trinajstić information content (AvgIpc) is 3.00. The summed E-state index contributed by atoms with van der Waals surface area (Å²) in [6, 6.07) is 5.14. The third-order valence-electron chi connectivity index (χ3n) is 3.20. The Morgan fingerprint density at radius 2 is 2.05 bits per heavy atom. The van der Waals surface area contributed by atoms with Crippen molar-refractivity contribution in [3.63, 3.8) is 0 Å². The molecule has 1 aromatic carbocycles. The van der Waals surface area contributed by atoms with Crippen LogP contribution in [0.4, 0.5) is 0 Å². The molecular formula is C15H20O5. The smallest absolute Gasteiger partial charge is 0.166 e. The van der Waals surface area contributed by atoms with E-state index in [0.29, 0.717) is 36.9 Å². The molecule has 0 saturated carbocycles. The van der Waals surface area contributed by atoms with Gasteiger partial charge in [-0.3, -0.25) is 4.79 Å². The van der Waals surface area contributed by atoms with Gasteiger partial charge in [0.15, 0.2) is 12.6 Å². The molecule has 0 N–H and O–H groups in total. The molecule has 0 aromatic heterocycles. The van der Waals surface area contributed by atoms with Gasteiger partial charge in [-0.2, -0.15) is 0 Å². The van der Waals surface area contributed by atoms with E-state index in [9.17, 15) is 4.79 Å². The monoisotopic (exact) mass is 280 g/mol. The molecule has 5 nitrogen and oxygen atoms in total. The number of carbonyl (C=O) groups is 1. The lowest BCUT2D eigenvalue weighted by molar-refractivity contribution is -0.131. The summed E-state index contributed by atoms with van der Waals surface area (Å²) in [6.45, 7) is 5.62. The molecule has 2 rings (SSSR count). The molecule has 1 fully saturated rings. The summed E-state index contributed by atoms with van der Waals surface area (Å²) in [6.07, 6.45) is 0.480. The molecule has 1 aromatic rings. The van der Waals surface area contributed by atoms with Crippen LogP contribution < -0.4 is 9.47 Å². The zero-order valence-electron chi connectivity index (χ0n) is 12.0. The quantitative estimate of drug-likeness (QED) is 0.748. The van der Waals surface area contributed by atoms with Crippen LogP contribution in [0.5, 0.6) is 11.5 Å². The molecule has 1 aliphatic rings. The molecule has 0 bridgehead atoms. The maximum absolute atomic E-state index is 11.1. The van der Waals surface area contributed by atoms with E-state index in [-0.39, 0.29) is 11.7 Å². The lowest BCUT2D eigenvalue weighted by atomic mass is 9.94. The SMILES string of the molecule is COc1ccc(OCC(C)(C)C2OCCO2)c(C=O)c1. The van der Waals surface area contributed by atoms with Gasteiger partial charge in [0.25, 0.3) is 0 Å². The van der Waals surface area contributed by atoms with Gasteiger partial charge in [0.05, 0.1) is 32.5 Å². The number of methoxy groups -OCH3 is 1. The van der Waals surface area contributed by atoms with Crippen LogP contribution >= 0.6 is 0 Å². The van der Waals surface area contributed by atoms with E-state index >= 15 is 0 Å². The highest BCUT2D eigenvalue weighted by atomic mass is 16.7. The Morgan fingerprint density at radius 3 is 2.65 bits per heavy atom. The van der Waals surface area contributed by atoms with Crippen molar-refractivity contribution in [2.45, 2.75) is 20.1 Å². The highest BCUT2D eigenvalue weighted by molar-refractivity contribution is 5.80. The van der Waals surface area contributed by atoms with E-state index in [2.05, 4.69) is 0 Å². The molecule has 1 heterocycles.